The van der Waals surface area contributed by atoms with Gasteiger partial charge in [-0.3, -0.25) is 14.5 Å². The van der Waals surface area contributed by atoms with Crippen LogP contribution in [0.1, 0.15) is 12.5 Å². The molecule has 1 aliphatic rings. The molecule has 0 bridgehead atoms. The Kier molecular flexibility index (Phi) is 7.28. The van der Waals surface area contributed by atoms with Crippen molar-refractivity contribution in [2.24, 2.45) is 0 Å². The van der Waals surface area contributed by atoms with E-state index in [2.05, 4.69) is 5.32 Å². The number of benzene rings is 2. The quantitative estimate of drug-likeness (QED) is 0.735. The fourth-order valence-electron chi connectivity index (χ4n) is 3.22. The van der Waals surface area contributed by atoms with Crippen molar-refractivity contribution in [1.82, 2.24) is 9.80 Å². The summed E-state index contributed by atoms with van der Waals surface area (Å²) in [6.45, 7) is 6.70. The van der Waals surface area contributed by atoms with E-state index in [4.69, 9.17) is 0 Å². The van der Waals surface area contributed by atoms with E-state index in [0.29, 0.717) is 31.9 Å². The van der Waals surface area contributed by atoms with Crippen LogP contribution in [0.25, 0.3) is 0 Å². The molecule has 2 aromatic rings. The molecule has 0 radical (unpaired) electrons. The molecule has 1 fully saturated rings. The third-order valence-corrected chi connectivity index (χ3v) is 5.94. The number of hydrogen-bond donors (Lipinski definition) is 1. The number of piperazine rings is 1. The minimum absolute atomic E-state index is 0.124. The Morgan fingerprint density at radius 2 is 1.79 bits per heavy atom. The number of carbonyl (C=O) groups excluding carboxylic acids is 2. The fourth-order valence-corrected chi connectivity index (χ4v) is 4.18. The molecular weight excluding hydrogens is 389 g/mol. The Morgan fingerprint density at radius 3 is 2.45 bits per heavy atom. The van der Waals surface area contributed by atoms with E-state index in [0.717, 1.165) is 4.90 Å². The molecule has 0 aromatic heterocycles. The number of anilines is 1. The zero-order chi connectivity index (χ0) is 20.8. The van der Waals surface area contributed by atoms with E-state index in [1.54, 1.807) is 23.9 Å². The first kappa shape index (κ1) is 21.3. The maximum absolute atomic E-state index is 13.2. The van der Waals surface area contributed by atoms with Crippen LogP contribution in [0.5, 0.6) is 0 Å². The summed E-state index contributed by atoms with van der Waals surface area (Å²) < 4.78 is 13.2. The monoisotopic (exact) mass is 415 g/mol. The van der Waals surface area contributed by atoms with Crippen LogP contribution in [0.15, 0.2) is 53.4 Å². The number of carbonyl (C=O) groups is 2. The number of nitrogens with zero attached hydrogens (tertiary/aromatic N) is 2. The van der Waals surface area contributed by atoms with Gasteiger partial charge in [0.15, 0.2) is 0 Å². The van der Waals surface area contributed by atoms with Gasteiger partial charge >= 0.3 is 0 Å². The highest BCUT2D eigenvalue weighted by Crippen LogP contribution is 2.25. The van der Waals surface area contributed by atoms with Gasteiger partial charge in [-0.1, -0.05) is 23.8 Å². The maximum atomic E-state index is 13.2. The fraction of sp³-hybridized carbons (Fsp3) is 0.364. The number of hydrogen-bond acceptors (Lipinski definition) is 4. The predicted molar refractivity (Wildman–Crippen MR) is 115 cm³/mol. The van der Waals surface area contributed by atoms with Crippen LogP contribution in [-0.4, -0.2) is 59.6 Å². The number of rotatable bonds is 6. The van der Waals surface area contributed by atoms with Gasteiger partial charge in [-0.2, -0.15) is 0 Å². The third-order valence-electron chi connectivity index (χ3n) is 4.84. The van der Waals surface area contributed by atoms with Gasteiger partial charge in [0.2, 0.25) is 11.8 Å². The molecule has 0 aliphatic carbocycles. The van der Waals surface area contributed by atoms with Gasteiger partial charge in [0, 0.05) is 36.8 Å². The number of amides is 2. The smallest absolute Gasteiger partial charge is 0.238 e. The summed E-state index contributed by atoms with van der Waals surface area (Å²) in [5.74, 6) is -0.439. The zero-order valence-corrected chi connectivity index (χ0v) is 17.5. The van der Waals surface area contributed by atoms with Crippen molar-refractivity contribution in [3.05, 3.63) is 59.9 Å². The minimum Gasteiger partial charge on any atom is -0.339 e. The second-order valence-corrected chi connectivity index (χ2v) is 8.65. The molecule has 7 heteroatoms. The first-order valence-electron chi connectivity index (χ1n) is 9.70. The predicted octanol–water partition coefficient (Wildman–Crippen LogP) is 3.40. The van der Waals surface area contributed by atoms with Crippen LogP contribution in [0.4, 0.5) is 10.1 Å². The number of aryl methyl sites for hydroxylation is 1. The van der Waals surface area contributed by atoms with Crippen LogP contribution in [0, 0.1) is 12.7 Å². The molecular formula is C22H26FN3O2S. The molecule has 2 amide bonds. The van der Waals surface area contributed by atoms with Gasteiger partial charge in [-0.05, 0) is 44.2 Å². The van der Waals surface area contributed by atoms with E-state index in [1.165, 1.54) is 17.7 Å². The summed E-state index contributed by atoms with van der Waals surface area (Å²) in [6.07, 6.45) is 0. The van der Waals surface area contributed by atoms with Gasteiger partial charge in [-0.25, -0.2) is 4.39 Å². The molecule has 1 saturated heterocycles. The second kappa shape index (κ2) is 9.89. The Bertz CT molecular complexity index is 851. The lowest BCUT2D eigenvalue weighted by molar-refractivity contribution is -0.132. The largest absolute Gasteiger partial charge is 0.339 e. The van der Waals surface area contributed by atoms with Crippen molar-refractivity contribution >= 4 is 29.3 Å². The summed E-state index contributed by atoms with van der Waals surface area (Å²) in [4.78, 5) is 29.9. The van der Waals surface area contributed by atoms with Crippen LogP contribution in [-0.2, 0) is 9.59 Å². The Balaban J connectivity index is 1.43. The topological polar surface area (TPSA) is 52.7 Å². The van der Waals surface area contributed by atoms with Crippen LogP contribution in [0.2, 0.25) is 0 Å². The molecule has 1 unspecified atom stereocenters. The molecule has 1 N–H and O–H groups in total. The first-order chi connectivity index (χ1) is 13.9. The average molecular weight is 416 g/mol. The highest BCUT2D eigenvalue weighted by Gasteiger charge is 2.26. The number of halogens is 1. The van der Waals surface area contributed by atoms with Crippen molar-refractivity contribution < 1.29 is 14.0 Å². The van der Waals surface area contributed by atoms with Crippen molar-refractivity contribution in [2.75, 3.05) is 38.0 Å². The standard InChI is InChI=1S/C22H26FN3O2S/c1-16-6-8-20(9-7-16)29-17(2)22(28)26-12-10-25(11-13-26)15-21(27)24-19-5-3-4-18(23)14-19/h3-9,14,17H,10-13,15H2,1-2H3,(H,24,27). The normalized spacial score (nSPS) is 15.8. The van der Waals surface area contributed by atoms with Gasteiger partial charge in [0.1, 0.15) is 5.82 Å². The highest BCUT2D eigenvalue weighted by molar-refractivity contribution is 8.00. The summed E-state index contributed by atoms with van der Waals surface area (Å²) in [5.41, 5.74) is 1.65. The summed E-state index contributed by atoms with van der Waals surface area (Å²) in [6, 6.07) is 14.0. The lowest BCUT2D eigenvalue weighted by Gasteiger charge is -2.35. The molecule has 1 heterocycles. The van der Waals surface area contributed by atoms with Crippen LogP contribution < -0.4 is 5.32 Å². The summed E-state index contributed by atoms with van der Waals surface area (Å²) in [7, 11) is 0. The lowest BCUT2D eigenvalue weighted by Crippen LogP contribution is -2.52. The Labute approximate surface area is 175 Å². The minimum atomic E-state index is -0.382. The molecule has 1 atom stereocenters. The Hall–Kier alpha value is -2.38. The van der Waals surface area contributed by atoms with E-state index >= 15 is 0 Å². The van der Waals surface area contributed by atoms with Gasteiger partial charge < -0.3 is 10.2 Å². The van der Waals surface area contributed by atoms with Crippen molar-refractivity contribution in [3.8, 4) is 0 Å². The molecule has 0 saturated carbocycles. The second-order valence-electron chi connectivity index (χ2n) is 7.23. The van der Waals surface area contributed by atoms with E-state index in [9.17, 15) is 14.0 Å². The molecule has 3 rings (SSSR count). The number of thioether (sulfide) groups is 1. The maximum Gasteiger partial charge on any atom is 0.238 e. The Morgan fingerprint density at radius 1 is 1.10 bits per heavy atom. The molecule has 0 spiro atoms. The van der Waals surface area contributed by atoms with Crippen LogP contribution in [0.3, 0.4) is 0 Å². The third kappa shape index (κ3) is 6.30. The van der Waals surface area contributed by atoms with Gasteiger partial charge in [0.05, 0.1) is 11.8 Å². The first-order valence-corrected chi connectivity index (χ1v) is 10.6. The molecule has 1 aliphatic heterocycles. The number of nitrogens with one attached hydrogen (secondary N) is 1. The SMILES string of the molecule is Cc1ccc(SC(C)C(=O)N2CCN(CC(=O)Nc3cccc(F)c3)CC2)cc1. The molecule has 5 nitrogen and oxygen atoms in total. The van der Waals surface area contributed by atoms with Crippen molar-refractivity contribution in [3.63, 3.8) is 0 Å². The van der Waals surface area contributed by atoms with Gasteiger partial charge in [-0.15, -0.1) is 11.8 Å². The van der Waals surface area contributed by atoms with Gasteiger partial charge in [0.25, 0.3) is 0 Å². The summed E-state index contributed by atoms with van der Waals surface area (Å²) >= 11 is 1.57. The van der Waals surface area contributed by atoms with Crippen LogP contribution >= 0.6 is 11.8 Å². The average Bonchev–Trinajstić information content (AvgIpc) is 2.69. The van der Waals surface area contributed by atoms with Crippen molar-refractivity contribution in [2.45, 2.75) is 24.0 Å². The van der Waals surface area contributed by atoms with E-state index in [1.807, 2.05) is 47.9 Å². The van der Waals surface area contributed by atoms with E-state index < -0.39 is 0 Å². The highest BCUT2D eigenvalue weighted by atomic mass is 32.2. The lowest BCUT2D eigenvalue weighted by atomic mass is 10.2. The molecule has 2 aromatic carbocycles. The zero-order valence-electron chi connectivity index (χ0n) is 16.7. The molecule has 154 valence electrons. The molecule has 29 heavy (non-hydrogen) atoms. The van der Waals surface area contributed by atoms with Crippen molar-refractivity contribution in [1.29, 1.82) is 0 Å². The summed E-state index contributed by atoms with van der Waals surface area (Å²) in [5, 5.41) is 2.56. The van der Waals surface area contributed by atoms with E-state index in [-0.39, 0.29) is 29.4 Å².